The van der Waals surface area contributed by atoms with Crippen LogP contribution >= 0.6 is 31.9 Å². The van der Waals surface area contributed by atoms with Gasteiger partial charge in [-0.3, -0.25) is 0 Å². The van der Waals surface area contributed by atoms with Crippen LogP contribution in [-0.2, 0) is 11.3 Å². The minimum atomic E-state index is 0.110. The number of nitrogens with two attached hydrogens (primary N) is 1. The first kappa shape index (κ1) is 14.8. The number of benzene rings is 1. The Morgan fingerprint density at radius 2 is 2.00 bits per heavy atom. The Bertz CT molecular complexity index is 480. The molecule has 0 radical (unpaired) electrons. The van der Waals surface area contributed by atoms with Crippen LogP contribution in [0.1, 0.15) is 37.7 Å². The first-order chi connectivity index (χ1) is 9.62. The van der Waals surface area contributed by atoms with Gasteiger partial charge in [0.2, 0.25) is 0 Å². The van der Waals surface area contributed by atoms with Crippen molar-refractivity contribution in [3.63, 3.8) is 0 Å². The third-order valence-corrected chi connectivity index (χ3v) is 5.47. The lowest BCUT2D eigenvalue weighted by Crippen LogP contribution is -2.48. The van der Waals surface area contributed by atoms with Gasteiger partial charge in [-0.1, -0.05) is 0 Å². The van der Waals surface area contributed by atoms with Gasteiger partial charge in [-0.05, 0) is 68.8 Å². The molecule has 3 nitrogen and oxygen atoms in total. The van der Waals surface area contributed by atoms with Gasteiger partial charge < -0.3 is 15.2 Å². The number of hydrogen-bond acceptors (Lipinski definition) is 3. The number of rotatable bonds is 3. The molecular formula is C15H19Br2NO2. The molecule has 2 aliphatic rings. The zero-order chi connectivity index (χ0) is 14.2. The van der Waals surface area contributed by atoms with Crippen molar-refractivity contribution in [1.82, 2.24) is 0 Å². The second-order valence-corrected chi connectivity index (χ2v) is 7.42. The first-order valence-electron chi connectivity index (χ1n) is 7.10. The summed E-state index contributed by atoms with van der Waals surface area (Å²) >= 11 is 7.17. The third-order valence-electron chi connectivity index (χ3n) is 4.29. The molecule has 2 N–H and O–H groups in total. The molecule has 20 heavy (non-hydrogen) atoms. The fourth-order valence-electron chi connectivity index (χ4n) is 3.01. The Hall–Kier alpha value is -0.100. The molecule has 1 spiro atoms. The van der Waals surface area contributed by atoms with Gasteiger partial charge in [0.15, 0.2) is 0 Å². The summed E-state index contributed by atoms with van der Waals surface area (Å²) in [5.74, 6) is 0.878. The van der Waals surface area contributed by atoms with Crippen LogP contribution in [0.15, 0.2) is 21.1 Å². The van der Waals surface area contributed by atoms with E-state index in [0.717, 1.165) is 39.7 Å². The molecule has 0 aromatic heterocycles. The van der Waals surface area contributed by atoms with E-state index < -0.39 is 0 Å². The van der Waals surface area contributed by atoms with Crippen molar-refractivity contribution in [1.29, 1.82) is 0 Å². The maximum Gasteiger partial charge on any atom is 0.148 e. The molecule has 1 atom stereocenters. The smallest absolute Gasteiger partial charge is 0.148 e. The van der Waals surface area contributed by atoms with Gasteiger partial charge in [-0.2, -0.15) is 0 Å². The molecular weight excluding hydrogens is 386 g/mol. The molecule has 1 saturated heterocycles. The van der Waals surface area contributed by atoms with E-state index in [9.17, 15) is 0 Å². The summed E-state index contributed by atoms with van der Waals surface area (Å²) in [5, 5.41) is 0. The molecule has 1 aromatic carbocycles. The molecule has 1 heterocycles. The predicted molar refractivity (Wildman–Crippen MR) is 85.9 cm³/mol. The fraction of sp³-hybridized carbons (Fsp3) is 0.600. The monoisotopic (exact) mass is 403 g/mol. The quantitative estimate of drug-likeness (QED) is 0.822. The van der Waals surface area contributed by atoms with Crippen LogP contribution < -0.4 is 10.5 Å². The molecule has 1 aromatic rings. The Morgan fingerprint density at radius 1 is 1.30 bits per heavy atom. The lowest BCUT2D eigenvalue weighted by molar-refractivity contribution is -0.153. The van der Waals surface area contributed by atoms with E-state index in [4.69, 9.17) is 15.2 Å². The first-order valence-corrected chi connectivity index (χ1v) is 8.69. The van der Waals surface area contributed by atoms with Crippen LogP contribution in [0.25, 0.3) is 0 Å². The summed E-state index contributed by atoms with van der Waals surface area (Å²) < 4.78 is 14.1. The van der Waals surface area contributed by atoms with Crippen LogP contribution in [0.2, 0.25) is 0 Å². The average Bonchev–Trinajstić information content (AvgIpc) is 2.41. The predicted octanol–water partition coefficient (Wildman–Crippen LogP) is 4.15. The zero-order valence-corrected chi connectivity index (χ0v) is 14.5. The van der Waals surface area contributed by atoms with E-state index >= 15 is 0 Å². The van der Waals surface area contributed by atoms with Gasteiger partial charge in [0.25, 0.3) is 0 Å². The van der Waals surface area contributed by atoms with E-state index in [2.05, 4.69) is 31.9 Å². The minimum absolute atomic E-state index is 0.110. The molecule has 5 heteroatoms. The summed E-state index contributed by atoms with van der Waals surface area (Å²) in [6, 6.07) is 4.05. The van der Waals surface area contributed by atoms with Gasteiger partial charge in [0.05, 0.1) is 21.2 Å². The largest absolute Gasteiger partial charge is 0.488 e. The summed E-state index contributed by atoms with van der Waals surface area (Å²) in [6.45, 7) is 1.33. The maximum atomic E-state index is 6.23. The Morgan fingerprint density at radius 3 is 2.55 bits per heavy atom. The van der Waals surface area contributed by atoms with Crippen LogP contribution in [0.3, 0.4) is 0 Å². The summed E-state index contributed by atoms with van der Waals surface area (Å²) in [6.07, 6.45) is 5.85. The van der Waals surface area contributed by atoms with Gasteiger partial charge in [-0.25, -0.2) is 0 Å². The van der Waals surface area contributed by atoms with Crippen molar-refractivity contribution in [3.8, 4) is 5.75 Å². The number of halogens is 2. The standard InChI is InChI=1S/C15H19Br2NO2/c16-12-6-10(9-18)7-13(17)14(12)20-11-2-5-19-15(8-11)3-1-4-15/h6-7,11H,1-5,8-9,18H2. The fourth-order valence-corrected chi connectivity index (χ4v) is 4.48. The van der Waals surface area contributed by atoms with Crippen molar-refractivity contribution in [2.24, 2.45) is 5.73 Å². The third kappa shape index (κ3) is 2.91. The molecule has 1 aliphatic carbocycles. The average molecular weight is 405 g/mol. The second-order valence-electron chi connectivity index (χ2n) is 5.71. The van der Waals surface area contributed by atoms with Gasteiger partial charge >= 0.3 is 0 Å². The van der Waals surface area contributed by atoms with Gasteiger partial charge in [0.1, 0.15) is 11.9 Å². The summed E-state index contributed by atoms with van der Waals surface area (Å²) in [7, 11) is 0. The normalized spacial score (nSPS) is 24.4. The van der Waals surface area contributed by atoms with Crippen LogP contribution in [-0.4, -0.2) is 18.3 Å². The van der Waals surface area contributed by atoms with Gasteiger partial charge in [-0.15, -0.1) is 0 Å². The number of ether oxygens (including phenoxy) is 2. The van der Waals surface area contributed by atoms with E-state index in [1.807, 2.05) is 12.1 Å². The van der Waals surface area contributed by atoms with E-state index in [1.165, 1.54) is 19.3 Å². The van der Waals surface area contributed by atoms with E-state index in [1.54, 1.807) is 0 Å². The highest BCUT2D eigenvalue weighted by Crippen LogP contribution is 2.44. The summed E-state index contributed by atoms with van der Waals surface area (Å²) in [4.78, 5) is 0. The molecule has 0 amide bonds. The second kappa shape index (κ2) is 5.95. The molecule has 1 saturated carbocycles. The SMILES string of the molecule is NCc1cc(Br)c(OC2CCOC3(CCC3)C2)c(Br)c1. The molecule has 110 valence electrons. The molecule has 3 rings (SSSR count). The van der Waals surface area contributed by atoms with Crippen molar-refractivity contribution in [2.75, 3.05) is 6.61 Å². The Labute approximate surface area is 136 Å². The van der Waals surface area contributed by atoms with E-state index in [0.29, 0.717) is 6.54 Å². The van der Waals surface area contributed by atoms with Crippen LogP contribution in [0.4, 0.5) is 0 Å². The van der Waals surface area contributed by atoms with Crippen molar-refractivity contribution in [2.45, 2.75) is 50.4 Å². The lowest BCUT2D eigenvalue weighted by Gasteiger charge is -2.47. The van der Waals surface area contributed by atoms with E-state index in [-0.39, 0.29) is 11.7 Å². The topological polar surface area (TPSA) is 44.5 Å². The molecule has 2 fully saturated rings. The summed E-state index contributed by atoms with van der Waals surface area (Å²) in [5.41, 5.74) is 6.88. The van der Waals surface area contributed by atoms with Gasteiger partial charge in [0, 0.05) is 19.4 Å². The lowest BCUT2D eigenvalue weighted by atomic mass is 9.74. The number of hydrogen-bond donors (Lipinski definition) is 1. The highest BCUT2D eigenvalue weighted by molar-refractivity contribution is 9.11. The maximum absolute atomic E-state index is 6.23. The van der Waals surface area contributed by atoms with Crippen molar-refractivity contribution in [3.05, 3.63) is 26.6 Å². The zero-order valence-electron chi connectivity index (χ0n) is 11.3. The highest BCUT2D eigenvalue weighted by atomic mass is 79.9. The minimum Gasteiger partial charge on any atom is -0.488 e. The molecule has 1 aliphatic heterocycles. The van der Waals surface area contributed by atoms with Crippen LogP contribution in [0, 0.1) is 0 Å². The van der Waals surface area contributed by atoms with Crippen molar-refractivity contribution >= 4 is 31.9 Å². The highest BCUT2D eigenvalue weighted by Gasteiger charge is 2.43. The Balaban J connectivity index is 1.74. The molecule has 0 bridgehead atoms. The van der Waals surface area contributed by atoms with Crippen molar-refractivity contribution < 1.29 is 9.47 Å². The Kier molecular flexibility index (Phi) is 4.41. The molecule has 1 unspecified atom stereocenters. The van der Waals surface area contributed by atoms with Crippen LogP contribution in [0.5, 0.6) is 5.75 Å².